The molecule has 1 rings (SSSR count). The highest BCUT2D eigenvalue weighted by Gasteiger charge is 2.19. The highest BCUT2D eigenvalue weighted by molar-refractivity contribution is 6.31. The first-order chi connectivity index (χ1) is 7.51. The summed E-state index contributed by atoms with van der Waals surface area (Å²) in [6.07, 6.45) is 2.75. The molecule has 1 aromatic rings. The van der Waals surface area contributed by atoms with E-state index in [1.807, 2.05) is 11.7 Å². The minimum Gasteiger partial charge on any atom is -0.271 e. The molecule has 0 saturated carbocycles. The molecule has 92 valence electrons. The van der Waals surface area contributed by atoms with E-state index >= 15 is 0 Å². The number of alkyl halides is 1. The van der Waals surface area contributed by atoms with Gasteiger partial charge in [0, 0.05) is 12.4 Å². The van der Waals surface area contributed by atoms with E-state index in [2.05, 4.69) is 25.9 Å². The summed E-state index contributed by atoms with van der Waals surface area (Å²) in [7, 11) is 1.95. The van der Waals surface area contributed by atoms with Gasteiger partial charge in [-0.05, 0) is 25.2 Å². The van der Waals surface area contributed by atoms with Crippen molar-refractivity contribution in [3.05, 3.63) is 16.4 Å². The van der Waals surface area contributed by atoms with Crippen molar-refractivity contribution in [2.45, 2.75) is 45.4 Å². The molecule has 0 aromatic carbocycles. The molecular weight excluding hydrogens is 243 g/mol. The van der Waals surface area contributed by atoms with Gasteiger partial charge in [-0.25, -0.2) is 0 Å². The van der Waals surface area contributed by atoms with Gasteiger partial charge in [0.15, 0.2) is 0 Å². The van der Waals surface area contributed by atoms with E-state index in [-0.39, 0.29) is 5.38 Å². The molecule has 16 heavy (non-hydrogen) atoms. The summed E-state index contributed by atoms with van der Waals surface area (Å²) in [5, 5.41) is 5.43. The topological polar surface area (TPSA) is 17.8 Å². The Morgan fingerprint density at radius 1 is 1.38 bits per heavy atom. The fourth-order valence-corrected chi connectivity index (χ4v) is 2.34. The number of aromatic nitrogens is 2. The third kappa shape index (κ3) is 2.92. The Labute approximate surface area is 108 Å². The number of nitrogens with zero attached hydrogens (tertiary/aromatic N) is 2. The summed E-state index contributed by atoms with van der Waals surface area (Å²) in [5.41, 5.74) is 2.08. The molecular formula is C12H20Cl2N2. The van der Waals surface area contributed by atoms with Crippen LogP contribution in [0, 0.1) is 5.92 Å². The third-order valence-electron chi connectivity index (χ3n) is 3.03. The van der Waals surface area contributed by atoms with Crippen LogP contribution in [0.2, 0.25) is 5.02 Å². The van der Waals surface area contributed by atoms with Crippen LogP contribution in [0.15, 0.2) is 0 Å². The SMILES string of the molecule is CCc1nn(C)c(CC(C)C(Cl)CC)c1Cl. The van der Waals surface area contributed by atoms with Crippen LogP contribution in [0.25, 0.3) is 0 Å². The van der Waals surface area contributed by atoms with Gasteiger partial charge in [-0.2, -0.15) is 5.10 Å². The van der Waals surface area contributed by atoms with Crippen LogP contribution in [0.5, 0.6) is 0 Å². The van der Waals surface area contributed by atoms with E-state index < -0.39 is 0 Å². The quantitative estimate of drug-likeness (QED) is 0.738. The average molecular weight is 263 g/mol. The molecule has 0 saturated heterocycles. The minimum absolute atomic E-state index is 0.205. The normalized spacial score (nSPS) is 15.1. The van der Waals surface area contributed by atoms with Crippen molar-refractivity contribution in [2.24, 2.45) is 13.0 Å². The van der Waals surface area contributed by atoms with Gasteiger partial charge in [-0.15, -0.1) is 11.6 Å². The number of halogens is 2. The van der Waals surface area contributed by atoms with Crippen molar-refractivity contribution in [1.82, 2.24) is 9.78 Å². The molecule has 2 nitrogen and oxygen atoms in total. The summed E-state index contributed by atoms with van der Waals surface area (Å²) in [6.45, 7) is 6.34. The lowest BCUT2D eigenvalue weighted by molar-refractivity contribution is 0.510. The van der Waals surface area contributed by atoms with Crippen molar-refractivity contribution in [1.29, 1.82) is 0 Å². The molecule has 0 bridgehead atoms. The van der Waals surface area contributed by atoms with Crippen molar-refractivity contribution < 1.29 is 0 Å². The van der Waals surface area contributed by atoms with Crippen molar-refractivity contribution >= 4 is 23.2 Å². The lowest BCUT2D eigenvalue weighted by Gasteiger charge is -2.16. The zero-order chi connectivity index (χ0) is 12.3. The molecule has 0 aliphatic heterocycles. The van der Waals surface area contributed by atoms with E-state index in [1.165, 1.54) is 0 Å². The van der Waals surface area contributed by atoms with Crippen LogP contribution in [-0.2, 0) is 19.9 Å². The smallest absolute Gasteiger partial charge is 0.0849 e. The maximum absolute atomic E-state index is 6.30. The van der Waals surface area contributed by atoms with Gasteiger partial charge in [0.1, 0.15) is 0 Å². The Bertz CT molecular complexity index is 347. The molecule has 2 unspecified atom stereocenters. The Morgan fingerprint density at radius 2 is 2.00 bits per heavy atom. The predicted octanol–water partition coefficient (Wildman–Crippen LogP) is 3.83. The van der Waals surface area contributed by atoms with Crippen LogP contribution in [0.3, 0.4) is 0 Å². The van der Waals surface area contributed by atoms with Gasteiger partial charge >= 0.3 is 0 Å². The molecule has 0 aliphatic rings. The Kier molecular flexibility index (Phi) is 5.13. The molecule has 0 spiro atoms. The second-order valence-corrected chi connectivity index (χ2v) is 5.23. The van der Waals surface area contributed by atoms with Gasteiger partial charge in [0.05, 0.1) is 16.4 Å². The van der Waals surface area contributed by atoms with E-state index in [1.54, 1.807) is 0 Å². The number of aryl methyl sites for hydroxylation is 2. The summed E-state index contributed by atoms with van der Waals surface area (Å²) in [4.78, 5) is 0. The van der Waals surface area contributed by atoms with Gasteiger partial charge in [0.2, 0.25) is 0 Å². The highest BCUT2D eigenvalue weighted by Crippen LogP contribution is 2.26. The average Bonchev–Trinajstić information content (AvgIpc) is 2.55. The number of rotatable bonds is 5. The lowest BCUT2D eigenvalue weighted by atomic mass is 9.99. The Morgan fingerprint density at radius 3 is 2.44 bits per heavy atom. The number of hydrogen-bond acceptors (Lipinski definition) is 1. The van der Waals surface area contributed by atoms with Crippen LogP contribution < -0.4 is 0 Å². The highest BCUT2D eigenvalue weighted by atomic mass is 35.5. The first-order valence-corrected chi connectivity index (χ1v) is 6.66. The van der Waals surface area contributed by atoms with Gasteiger partial charge in [-0.1, -0.05) is 32.4 Å². The summed E-state index contributed by atoms with van der Waals surface area (Å²) in [6, 6.07) is 0. The Balaban J connectivity index is 2.84. The zero-order valence-electron chi connectivity index (χ0n) is 10.4. The molecule has 1 heterocycles. The van der Waals surface area contributed by atoms with Crippen LogP contribution >= 0.6 is 23.2 Å². The Hall–Kier alpha value is -0.210. The van der Waals surface area contributed by atoms with Crippen LogP contribution in [0.4, 0.5) is 0 Å². The molecule has 0 N–H and O–H groups in total. The molecule has 4 heteroatoms. The van der Waals surface area contributed by atoms with E-state index in [0.717, 1.165) is 35.7 Å². The van der Waals surface area contributed by atoms with Crippen molar-refractivity contribution in [3.8, 4) is 0 Å². The van der Waals surface area contributed by atoms with E-state index in [0.29, 0.717) is 5.92 Å². The first-order valence-electron chi connectivity index (χ1n) is 5.85. The minimum atomic E-state index is 0.205. The molecule has 1 aromatic heterocycles. The molecule has 2 atom stereocenters. The molecule has 0 fully saturated rings. The van der Waals surface area contributed by atoms with E-state index in [9.17, 15) is 0 Å². The van der Waals surface area contributed by atoms with Crippen molar-refractivity contribution in [3.63, 3.8) is 0 Å². The zero-order valence-corrected chi connectivity index (χ0v) is 11.9. The third-order valence-corrected chi connectivity index (χ3v) is 4.20. The predicted molar refractivity (Wildman–Crippen MR) is 70.4 cm³/mol. The summed E-state index contributed by atoms with van der Waals surface area (Å²) < 4.78 is 1.89. The fourth-order valence-electron chi connectivity index (χ4n) is 1.88. The molecule has 0 radical (unpaired) electrons. The number of hydrogen-bond donors (Lipinski definition) is 0. The monoisotopic (exact) mass is 262 g/mol. The van der Waals surface area contributed by atoms with E-state index in [4.69, 9.17) is 23.2 Å². The first kappa shape index (κ1) is 13.9. The van der Waals surface area contributed by atoms with Gasteiger partial charge in [0.25, 0.3) is 0 Å². The van der Waals surface area contributed by atoms with Crippen molar-refractivity contribution in [2.75, 3.05) is 0 Å². The summed E-state index contributed by atoms with van der Waals surface area (Å²) >= 11 is 12.5. The maximum atomic E-state index is 6.30. The largest absolute Gasteiger partial charge is 0.271 e. The van der Waals surface area contributed by atoms with Crippen LogP contribution in [0.1, 0.15) is 38.6 Å². The summed E-state index contributed by atoms with van der Waals surface area (Å²) in [5.74, 6) is 0.421. The second kappa shape index (κ2) is 5.92. The second-order valence-electron chi connectivity index (χ2n) is 4.29. The molecule has 0 aliphatic carbocycles. The van der Waals surface area contributed by atoms with Gasteiger partial charge < -0.3 is 0 Å². The van der Waals surface area contributed by atoms with Gasteiger partial charge in [-0.3, -0.25) is 4.68 Å². The lowest BCUT2D eigenvalue weighted by Crippen LogP contribution is -2.15. The maximum Gasteiger partial charge on any atom is 0.0849 e. The molecule has 0 amide bonds. The standard InChI is InChI=1S/C12H20Cl2N2/c1-5-9(13)8(3)7-11-12(14)10(6-2)15-16(11)4/h8-9H,5-7H2,1-4H3. The van der Waals surface area contributed by atoms with Crippen LogP contribution in [-0.4, -0.2) is 15.2 Å². The fraction of sp³-hybridized carbons (Fsp3) is 0.750.